The van der Waals surface area contributed by atoms with E-state index in [1.807, 2.05) is 19.9 Å². The monoisotopic (exact) mass is 351 g/mol. The standard InChI is InChI=1S/C17H18ClNO3S/c1-9(2)22-17(21)13-8-12(5-6-14(13)18)19-16(20)15-10(3)7-11(4)23-15/h5-9H,1-4H3,(H,19,20). The van der Waals surface area contributed by atoms with Crippen LogP contribution in [0.1, 0.15) is 44.3 Å². The molecular weight excluding hydrogens is 334 g/mol. The Bertz CT molecular complexity index is 752. The van der Waals surface area contributed by atoms with Crippen LogP contribution in [0.25, 0.3) is 0 Å². The first-order valence-electron chi connectivity index (χ1n) is 7.17. The minimum atomic E-state index is -0.510. The van der Waals surface area contributed by atoms with Crippen molar-refractivity contribution in [3.8, 4) is 0 Å². The van der Waals surface area contributed by atoms with E-state index in [2.05, 4.69) is 5.32 Å². The summed E-state index contributed by atoms with van der Waals surface area (Å²) >= 11 is 7.48. The van der Waals surface area contributed by atoms with Gasteiger partial charge in [0, 0.05) is 10.6 Å². The van der Waals surface area contributed by atoms with Crippen LogP contribution < -0.4 is 5.32 Å². The van der Waals surface area contributed by atoms with Crippen molar-refractivity contribution in [2.45, 2.75) is 33.8 Å². The fraction of sp³-hybridized carbons (Fsp3) is 0.294. The van der Waals surface area contributed by atoms with Gasteiger partial charge in [-0.2, -0.15) is 0 Å². The molecule has 4 nitrogen and oxygen atoms in total. The summed E-state index contributed by atoms with van der Waals surface area (Å²) in [5.41, 5.74) is 1.66. The number of carbonyl (C=O) groups excluding carboxylic acids is 2. The zero-order valence-electron chi connectivity index (χ0n) is 13.4. The van der Waals surface area contributed by atoms with Crippen molar-refractivity contribution in [3.63, 3.8) is 0 Å². The first kappa shape index (κ1) is 17.5. The van der Waals surface area contributed by atoms with Crippen LogP contribution in [-0.2, 0) is 4.74 Å². The molecule has 1 N–H and O–H groups in total. The first-order chi connectivity index (χ1) is 10.8. The molecule has 1 amide bonds. The van der Waals surface area contributed by atoms with Gasteiger partial charge in [0.25, 0.3) is 5.91 Å². The zero-order chi connectivity index (χ0) is 17.1. The molecule has 122 valence electrons. The number of carbonyl (C=O) groups is 2. The molecule has 0 fully saturated rings. The van der Waals surface area contributed by atoms with E-state index in [0.717, 1.165) is 10.4 Å². The summed E-state index contributed by atoms with van der Waals surface area (Å²) in [4.78, 5) is 26.1. The lowest BCUT2D eigenvalue weighted by atomic mass is 10.2. The van der Waals surface area contributed by atoms with Gasteiger partial charge in [-0.3, -0.25) is 4.79 Å². The van der Waals surface area contributed by atoms with E-state index >= 15 is 0 Å². The summed E-state index contributed by atoms with van der Waals surface area (Å²) in [6, 6.07) is 6.72. The van der Waals surface area contributed by atoms with Gasteiger partial charge < -0.3 is 10.1 Å². The van der Waals surface area contributed by atoms with Crippen molar-refractivity contribution in [2.24, 2.45) is 0 Å². The second-order valence-electron chi connectivity index (χ2n) is 5.47. The number of nitrogens with one attached hydrogen (secondary N) is 1. The van der Waals surface area contributed by atoms with Gasteiger partial charge in [-0.25, -0.2) is 4.79 Å². The van der Waals surface area contributed by atoms with Gasteiger partial charge in [-0.05, 0) is 57.5 Å². The third-order valence-corrected chi connectivity index (χ3v) is 4.51. The third kappa shape index (κ3) is 4.33. The highest BCUT2D eigenvalue weighted by Gasteiger charge is 2.17. The van der Waals surface area contributed by atoms with E-state index in [-0.39, 0.29) is 22.6 Å². The quantitative estimate of drug-likeness (QED) is 0.802. The van der Waals surface area contributed by atoms with Crippen LogP contribution in [-0.4, -0.2) is 18.0 Å². The topological polar surface area (TPSA) is 55.4 Å². The molecule has 0 saturated carbocycles. The molecule has 6 heteroatoms. The van der Waals surface area contributed by atoms with Crippen molar-refractivity contribution in [3.05, 3.63) is 50.2 Å². The van der Waals surface area contributed by atoms with E-state index < -0.39 is 5.97 Å². The van der Waals surface area contributed by atoms with Crippen LogP contribution in [0, 0.1) is 13.8 Å². The maximum absolute atomic E-state index is 12.3. The van der Waals surface area contributed by atoms with Gasteiger partial charge in [0.2, 0.25) is 0 Å². The minimum Gasteiger partial charge on any atom is -0.459 e. The molecule has 1 aromatic carbocycles. The zero-order valence-corrected chi connectivity index (χ0v) is 15.0. The van der Waals surface area contributed by atoms with E-state index in [0.29, 0.717) is 10.6 Å². The number of hydrogen-bond donors (Lipinski definition) is 1. The SMILES string of the molecule is Cc1cc(C)c(C(=O)Nc2ccc(Cl)c(C(=O)OC(C)C)c2)s1. The van der Waals surface area contributed by atoms with Gasteiger partial charge in [0.05, 0.1) is 21.6 Å². The van der Waals surface area contributed by atoms with Gasteiger partial charge >= 0.3 is 5.97 Å². The molecule has 0 saturated heterocycles. The number of hydrogen-bond acceptors (Lipinski definition) is 4. The van der Waals surface area contributed by atoms with E-state index in [1.165, 1.54) is 17.4 Å². The summed E-state index contributed by atoms with van der Waals surface area (Å²) in [6.45, 7) is 7.38. The van der Waals surface area contributed by atoms with Crippen LogP contribution in [0.5, 0.6) is 0 Å². The van der Waals surface area contributed by atoms with Crippen molar-refractivity contribution in [1.29, 1.82) is 0 Å². The lowest BCUT2D eigenvalue weighted by Crippen LogP contribution is -2.14. The summed E-state index contributed by atoms with van der Waals surface area (Å²) in [6.07, 6.45) is -0.242. The summed E-state index contributed by atoms with van der Waals surface area (Å²) in [5.74, 6) is -0.713. The highest BCUT2D eigenvalue weighted by atomic mass is 35.5. The number of ether oxygens (including phenoxy) is 1. The van der Waals surface area contributed by atoms with E-state index in [9.17, 15) is 9.59 Å². The predicted molar refractivity (Wildman–Crippen MR) is 93.7 cm³/mol. The number of esters is 1. The maximum Gasteiger partial charge on any atom is 0.339 e. The molecule has 0 aliphatic heterocycles. The Hall–Kier alpha value is -1.85. The van der Waals surface area contributed by atoms with Crippen molar-refractivity contribution < 1.29 is 14.3 Å². The van der Waals surface area contributed by atoms with Gasteiger partial charge in [0.1, 0.15) is 0 Å². The molecule has 0 bridgehead atoms. The first-order valence-corrected chi connectivity index (χ1v) is 8.36. The molecule has 0 aliphatic rings. The average Bonchev–Trinajstić information content (AvgIpc) is 2.79. The fourth-order valence-electron chi connectivity index (χ4n) is 2.09. The molecule has 1 heterocycles. The Kier molecular flexibility index (Phi) is 5.44. The van der Waals surface area contributed by atoms with Crippen LogP contribution >= 0.6 is 22.9 Å². The Morgan fingerprint density at radius 1 is 1.22 bits per heavy atom. The van der Waals surface area contributed by atoms with Crippen LogP contribution in [0.15, 0.2) is 24.3 Å². The highest BCUT2D eigenvalue weighted by Crippen LogP contribution is 2.25. The molecule has 0 spiro atoms. The lowest BCUT2D eigenvalue weighted by Gasteiger charge is -2.11. The summed E-state index contributed by atoms with van der Waals surface area (Å²) < 4.78 is 5.15. The second kappa shape index (κ2) is 7.15. The molecular formula is C17H18ClNO3S. The number of halogens is 1. The van der Waals surface area contributed by atoms with Crippen molar-refractivity contribution in [1.82, 2.24) is 0 Å². The van der Waals surface area contributed by atoms with E-state index in [4.69, 9.17) is 16.3 Å². The number of anilines is 1. The minimum absolute atomic E-state index is 0.203. The largest absolute Gasteiger partial charge is 0.459 e. The lowest BCUT2D eigenvalue weighted by molar-refractivity contribution is 0.0378. The fourth-order valence-corrected chi connectivity index (χ4v) is 3.21. The smallest absolute Gasteiger partial charge is 0.339 e. The predicted octanol–water partition coefficient (Wildman–Crippen LogP) is 4.84. The average molecular weight is 352 g/mol. The summed E-state index contributed by atoms with van der Waals surface area (Å²) in [5, 5.41) is 3.08. The number of rotatable bonds is 4. The van der Waals surface area contributed by atoms with Crippen LogP contribution in [0.4, 0.5) is 5.69 Å². The molecule has 2 aromatic rings. The Balaban J connectivity index is 2.22. The van der Waals surface area contributed by atoms with Gasteiger partial charge in [-0.15, -0.1) is 11.3 Å². The molecule has 0 unspecified atom stereocenters. The van der Waals surface area contributed by atoms with Crippen LogP contribution in [0.3, 0.4) is 0 Å². The second-order valence-corrected chi connectivity index (χ2v) is 7.14. The molecule has 23 heavy (non-hydrogen) atoms. The number of thiophene rings is 1. The van der Waals surface area contributed by atoms with E-state index in [1.54, 1.807) is 26.0 Å². The molecule has 0 aliphatic carbocycles. The molecule has 0 radical (unpaired) electrons. The van der Waals surface area contributed by atoms with Gasteiger partial charge in [0.15, 0.2) is 0 Å². The Morgan fingerprint density at radius 2 is 1.91 bits per heavy atom. The molecule has 2 rings (SSSR count). The van der Waals surface area contributed by atoms with Crippen molar-refractivity contribution >= 4 is 40.5 Å². The Labute approximate surface area is 144 Å². The van der Waals surface area contributed by atoms with Gasteiger partial charge in [-0.1, -0.05) is 11.6 Å². The number of aryl methyl sites for hydroxylation is 2. The Morgan fingerprint density at radius 3 is 2.48 bits per heavy atom. The third-order valence-electron chi connectivity index (χ3n) is 3.03. The normalized spacial score (nSPS) is 10.7. The van der Waals surface area contributed by atoms with Crippen molar-refractivity contribution in [2.75, 3.05) is 5.32 Å². The summed E-state index contributed by atoms with van der Waals surface area (Å²) in [7, 11) is 0. The molecule has 0 atom stereocenters. The maximum atomic E-state index is 12.3. The number of amides is 1. The van der Waals surface area contributed by atoms with Crippen LogP contribution in [0.2, 0.25) is 5.02 Å². The molecule has 1 aromatic heterocycles. The highest BCUT2D eigenvalue weighted by molar-refractivity contribution is 7.14. The number of benzene rings is 1.